The first-order chi connectivity index (χ1) is 13.5. The summed E-state index contributed by atoms with van der Waals surface area (Å²) in [4.78, 5) is 23.5. The summed E-state index contributed by atoms with van der Waals surface area (Å²) in [6.45, 7) is 2.56. The zero-order valence-electron chi connectivity index (χ0n) is 15.8. The van der Waals surface area contributed by atoms with Gasteiger partial charge in [-0.2, -0.15) is 13.2 Å². The van der Waals surface area contributed by atoms with Gasteiger partial charge < -0.3 is 14.2 Å². The van der Waals surface area contributed by atoms with Crippen LogP contribution in [0.1, 0.15) is 25.8 Å². The van der Waals surface area contributed by atoms with Crippen molar-refractivity contribution in [1.82, 2.24) is 0 Å². The van der Waals surface area contributed by atoms with E-state index in [0.29, 0.717) is 11.5 Å². The molecule has 0 amide bonds. The highest BCUT2D eigenvalue weighted by atomic mass is 35.5. The molecule has 2 rings (SSSR count). The highest BCUT2D eigenvalue weighted by Crippen LogP contribution is 2.38. The van der Waals surface area contributed by atoms with E-state index in [0.717, 1.165) is 12.1 Å². The number of esters is 2. The summed E-state index contributed by atoms with van der Waals surface area (Å²) in [5.41, 5.74) is -1.81. The third-order valence-electron chi connectivity index (χ3n) is 4.22. The Morgan fingerprint density at radius 3 is 2.52 bits per heavy atom. The minimum Gasteiger partial charge on any atom is -0.478 e. The van der Waals surface area contributed by atoms with E-state index in [9.17, 15) is 22.8 Å². The van der Waals surface area contributed by atoms with Crippen molar-refractivity contribution in [3.8, 4) is 5.75 Å². The van der Waals surface area contributed by atoms with Gasteiger partial charge in [-0.1, -0.05) is 36.7 Å². The summed E-state index contributed by atoms with van der Waals surface area (Å²) in [5.74, 6) is -1.45. The number of halogens is 4. The van der Waals surface area contributed by atoms with Gasteiger partial charge in [0.1, 0.15) is 19.0 Å². The van der Waals surface area contributed by atoms with Gasteiger partial charge >= 0.3 is 18.1 Å². The molecule has 1 aromatic carbocycles. The second-order valence-electron chi connectivity index (χ2n) is 6.66. The molecule has 1 aliphatic carbocycles. The molecular weight excluding hydrogens is 413 g/mol. The van der Waals surface area contributed by atoms with Crippen molar-refractivity contribution >= 4 is 23.5 Å². The lowest BCUT2D eigenvalue weighted by Gasteiger charge is -2.34. The Balaban J connectivity index is 2.22. The normalized spacial score (nSPS) is 19.9. The van der Waals surface area contributed by atoms with E-state index in [2.05, 4.69) is 0 Å². The predicted octanol–water partition coefficient (Wildman–Crippen LogP) is 4.65. The van der Waals surface area contributed by atoms with Gasteiger partial charge in [-0.15, -0.1) is 0 Å². The monoisotopic (exact) mass is 432 g/mol. The molecule has 2 unspecified atom stereocenters. The number of rotatable bonds is 7. The number of hydrogen-bond acceptors (Lipinski definition) is 5. The Bertz CT molecular complexity index is 819. The summed E-state index contributed by atoms with van der Waals surface area (Å²) in [6, 6.07) is 4.24. The Morgan fingerprint density at radius 1 is 1.24 bits per heavy atom. The molecule has 0 fully saturated rings. The fourth-order valence-electron chi connectivity index (χ4n) is 2.66. The Hall–Kier alpha value is -2.48. The summed E-state index contributed by atoms with van der Waals surface area (Å²) >= 11 is 5.94. The first-order valence-electron chi connectivity index (χ1n) is 8.70. The number of allylic oxidation sites excluding steroid dienone is 3. The van der Waals surface area contributed by atoms with Gasteiger partial charge in [0.05, 0.1) is 5.56 Å². The number of carbonyl (C=O) groups excluding carboxylic acids is 2. The van der Waals surface area contributed by atoms with Gasteiger partial charge in [-0.05, 0) is 30.7 Å². The van der Waals surface area contributed by atoms with Crippen molar-refractivity contribution in [2.24, 2.45) is 5.41 Å². The standard InChI is InChI=1S/C20H20ClF3O5/c1-13(25)27-10-11-28-18(26)17(19(2)8-6-15(21)7-9-19)29-16-5-3-4-14(12-16)20(22,23)24/h3-8,12,17H,9-11H2,1-2H3. The van der Waals surface area contributed by atoms with Gasteiger partial charge in [0.25, 0.3) is 0 Å². The summed E-state index contributed by atoms with van der Waals surface area (Å²) < 4.78 is 54.4. The molecule has 2 atom stereocenters. The lowest BCUT2D eigenvalue weighted by molar-refractivity contribution is -0.160. The smallest absolute Gasteiger partial charge is 0.416 e. The van der Waals surface area contributed by atoms with Crippen LogP contribution in [0.2, 0.25) is 0 Å². The Kier molecular flexibility index (Phi) is 7.35. The molecule has 0 bridgehead atoms. The van der Waals surface area contributed by atoms with Crippen LogP contribution in [-0.2, 0) is 25.2 Å². The largest absolute Gasteiger partial charge is 0.478 e. The van der Waals surface area contributed by atoms with Crippen LogP contribution in [0.4, 0.5) is 13.2 Å². The van der Waals surface area contributed by atoms with Crippen LogP contribution in [0.25, 0.3) is 0 Å². The van der Waals surface area contributed by atoms with E-state index in [1.165, 1.54) is 19.1 Å². The Labute approximate surface area is 171 Å². The van der Waals surface area contributed by atoms with Crippen LogP contribution in [0.3, 0.4) is 0 Å². The van der Waals surface area contributed by atoms with E-state index >= 15 is 0 Å². The number of benzene rings is 1. The van der Waals surface area contributed by atoms with Crippen LogP contribution in [0, 0.1) is 5.41 Å². The fourth-order valence-corrected chi connectivity index (χ4v) is 2.80. The molecule has 0 saturated heterocycles. The van der Waals surface area contributed by atoms with Crippen molar-refractivity contribution in [1.29, 1.82) is 0 Å². The van der Waals surface area contributed by atoms with Crippen LogP contribution in [0.15, 0.2) is 47.5 Å². The van der Waals surface area contributed by atoms with Crippen molar-refractivity contribution < 1.29 is 37.0 Å². The number of carbonyl (C=O) groups is 2. The van der Waals surface area contributed by atoms with Crippen molar-refractivity contribution in [3.05, 3.63) is 53.1 Å². The lowest BCUT2D eigenvalue weighted by Crippen LogP contribution is -2.44. The second-order valence-corrected chi connectivity index (χ2v) is 7.10. The van der Waals surface area contributed by atoms with E-state index in [1.54, 1.807) is 25.2 Å². The predicted molar refractivity (Wildman–Crippen MR) is 99.3 cm³/mol. The molecule has 0 N–H and O–H groups in total. The van der Waals surface area contributed by atoms with Gasteiger partial charge in [0.2, 0.25) is 6.10 Å². The van der Waals surface area contributed by atoms with Crippen LogP contribution in [-0.4, -0.2) is 31.3 Å². The van der Waals surface area contributed by atoms with Gasteiger partial charge in [0, 0.05) is 17.4 Å². The molecule has 1 aromatic rings. The SMILES string of the molecule is CC(=O)OCCOC(=O)C(Oc1cccc(C(F)(F)F)c1)C1(C)C=CC(Cl)=CC1. The quantitative estimate of drug-likeness (QED) is 0.463. The highest BCUT2D eigenvalue weighted by Gasteiger charge is 2.41. The minimum absolute atomic E-state index is 0.128. The minimum atomic E-state index is -4.55. The molecule has 29 heavy (non-hydrogen) atoms. The molecule has 0 heterocycles. The molecule has 1 aliphatic rings. The van der Waals surface area contributed by atoms with Crippen LogP contribution < -0.4 is 4.74 Å². The molecule has 158 valence electrons. The Morgan fingerprint density at radius 2 is 1.93 bits per heavy atom. The third-order valence-corrected chi connectivity index (χ3v) is 4.50. The highest BCUT2D eigenvalue weighted by molar-refractivity contribution is 6.31. The van der Waals surface area contributed by atoms with Crippen molar-refractivity contribution in [2.45, 2.75) is 32.5 Å². The number of hydrogen-bond donors (Lipinski definition) is 0. The van der Waals surface area contributed by atoms with Crippen molar-refractivity contribution in [2.75, 3.05) is 13.2 Å². The average molecular weight is 433 g/mol. The van der Waals surface area contributed by atoms with Crippen LogP contribution >= 0.6 is 11.6 Å². The number of alkyl halides is 3. The average Bonchev–Trinajstić information content (AvgIpc) is 2.65. The van der Waals surface area contributed by atoms with E-state index in [4.69, 9.17) is 25.8 Å². The van der Waals surface area contributed by atoms with Gasteiger partial charge in [-0.25, -0.2) is 4.79 Å². The third kappa shape index (κ3) is 6.52. The summed E-state index contributed by atoms with van der Waals surface area (Å²) in [5, 5.41) is 0.475. The van der Waals surface area contributed by atoms with E-state index in [-0.39, 0.29) is 19.0 Å². The second kappa shape index (κ2) is 9.35. The van der Waals surface area contributed by atoms with Gasteiger partial charge in [-0.3, -0.25) is 4.79 Å². The molecule has 0 aromatic heterocycles. The maximum Gasteiger partial charge on any atom is 0.416 e. The molecule has 0 aliphatic heterocycles. The fraction of sp³-hybridized carbons (Fsp3) is 0.400. The zero-order chi connectivity index (χ0) is 21.7. The zero-order valence-corrected chi connectivity index (χ0v) is 16.5. The maximum absolute atomic E-state index is 13.0. The van der Waals surface area contributed by atoms with Gasteiger partial charge in [0.15, 0.2) is 0 Å². The first kappa shape index (κ1) is 22.8. The molecular formula is C20H20ClF3O5. The lowest BCUT2D eigenvalue weighted by atomic mass is 9.78. The summed E-state index contributed by atoms with van der Waals surface area (Å²) in [6.07, 6.45) is -0.577. The van der Waals surface area contributed by atoms with E-state index < -0.39 is 35.2 Å². The summed E-state index contributed by atoms with van der Waals surface area (Å²) in [7, 11) is 0. The molecule has 5 nitrogen and oxygen atoms in total. The molecule has 0 radical (unpaired) electrons. The molecule has 9 heteroatoms. The maximum atomic E-state index is 13.0. The van der Waals surface area contributed by atoms with Crippen LogP contribution in [0.5, 0.6) is 5.75 Å². The topological polar surface area (TPSA) is 61.8 Å². The number of ether oxygens (including phenoxy) is 3. The first-order valence-corrected chi connectivity index (χ1v) is 9.08. The van der Waals surface area contributed by atoms with E-state index in [1.807, 2.05) is 0 Å². The molecule has 0 saturated carbocycles. The molecule has 0 spiro atoms. The van der Waals surface area contributed by atoms with Crippen molar-refractivity contribution in [3.63, 3.8) is 0 Å².